The number of nitrogens with one attached hydrogen (secondary N) is 2. The SMILES string of the molecule is CC(NNC(=O)OC(C)(C)C)c1cncs1. The maximum atomic E-state index is 11.3. The normalized spacial score (nSPS) is 13.2. The molecule has 1 atom stereocenters. The Kier molecular flexibility index (Phi) is 4.26. The van der Waals surface area contributed by atoms with Crippen LogP contribution >= 0.6 is 11.3 Å². The average molecular weight is 243 g/mol. The van der Waals surface area contributed by atoms with Crippen LogP contribution in [0.15, 0.2) is 11.7 Å². The van der Waals surface area contributed by atoms with Gasteiger partial charge in [-0.2, -0.15) is 0 Å². The number of thiazole rings is 1. The van der Waals surface area contributed by atoms with Gasteiger partial charge in [0.1, 0.15) is 5.60 Å². The molecule has 0 radical (unpaired) electrons. The summed E-state index contributed by atoms with van der Waals surface area (Å²) < 4.78 is 5.08. The van der Waals surface area contributed by atoms with Crippen LogP contribution in [0.4, 0.5) is 4.79 Å². The first kappa shape index (κ1) is 12.9. The van der Waals surface area contributed by atoms with Crippen molar-refractivity contribution in [2.24, 2.45) is 0 Å². The quantitative estimate of drug-likeness (QED) is 0.799. The van der Waals surface area contributed by atoms with Crippen molar-refractivity contribution < 1.29 is 9.53 Å². The van der Waals surface area contributed by atoms with E-state index in [4.69, 9.17) is 4.74 Å². The van der Waals surface area contributed by atoms with Gasteiger partial charge in [0.25, 0.3) is 0 Å². The van der Waals surface area contributed by atoms with Crippen LogP contribution in [0.2, 0.25) is 0 Å². The predicted molar refractivity (Wildman–Crippen MR) is 63.0 cm³/mol. The number of ether oxygens (including phenoxy) is 1. The lowest BCUT2D eigenvalue weighted by molar-refractivity contribution is 0.0490. The Hall–Kier alpha value is -1.14. The molecule has 90 valence electrons. The lowest BCUT2D eigenvalue weighted by Crippen LogP contribution is -2.42. The number of carbonyl (C=O) groups is 1. The minimum Gasteiger partial charge on any atom is -0.443 e. The molecule has 1 rings (SSSR count). The molecule has 0 fully saturated rings. The standard InChI is InChI=1S/C10H17N3O2S/c1-7(8-5-11-6-16-8)12-13-9(14)15-10(2,3)4/h5-7,12H,1-4H3,(H,13,14). The molecule has 1 aromatic rings. The molecule has 0 bridgehead atoms. The molecule has 0 aliphatic carbocycles. The Bertz CT molecular complexity index is 332. The van der Waals surface area contributed by atoms with Crippen LogP contribution in [-0.4, -0.2) is 16.7 Å². The smallest absolute Gasteiger partial charge is 0.422 e. The van der Waals surface area contributed by atoms with Gasteiger partial charge in [-0.25, -0.2) is 10.2 Å². The topological polar surface area (TPSA) is 63.2 Å². The number of rotatable bonds is 3. The zero-order chi connectivity index (χ0) is 12.2. The highest BCUT2D eigenvalue weighted by Gasteiger charge is 2.16. The molecular weight excluding hydrogens is 226 g/mol. The minimum absolute atomic E-state index is 0.0139. The Morgan fingerprint density at radius 2 is 2.25 bits per heavy atom. The van der Waals surface area contributed by atoms with E-state index in [-0.39, 0.29) is 6.04 Å². The number of hydrogen-bond acceptors (Lipinski definition) is 5. The number of carbonyl (C=O) groups excluding carboxylic acids is 1. The summed E-state index contributed by atoms with van der Waals surface area (Å²) in [4.78, 5) is 16.3. The van der Waals surface area contributed by atoms with E-state index >= 15 is 0 Å². The van der Waals surface area contributed by atoms with E-state index in [0.717, 1.165) is 4.88 Å². The molecule has 2 N–H and O–H groups in total. The van der Waals surface area contributed by atoms with Crippen molar-refractivity contribution in [3.8, 4) is 0 Å². The van der Waals surface area contributed by atoms with Gasteiger partial charge in [0.2, 0.25) is 0 Å². The van der Waals surface area contributed by atoms with Gasteiger partial charge in [-0.05, 0) is 27.7 Å². The lowest BCUT2D eigenvalue weighted by Gasteiger charge is -2.21. The minimum atomic E-state index is -0.487. The summed E-state index contributed by atoms with van der Waals surface area (Å²) in [6, 6.07) is 0.0139. The highest BCUT2D eigenvalue weighted by molar-refractivity contribution is 7.09. The van der Waals surface area contributed by atoms with Gasteiger partial charge in [0.05, 0.1) is 11.6 Å². The van der Waals surface area contributed by atoms with Gasteiger partial charge in [0, 0.05) is 11.1 Å². The monoisotopic (exact) mass is 243 g/mol. The highest BCUT2D eigenvalue weighted by atomic mass is 32.1. The molecule has 5 nitrogen and oxygen atoms in total. The molecule has 0 aliphatic heterocycles. The van der Waals surface area contributed by atoms with Crippen LogP contribution in [0.5, 0.6) is 0 Å². The van der Waals surface area contributed by atoms with Crippen molar-refractivity contribution in [2.75, 3.05) is 0 Å². The second kappa shape index (κ2) is 5.27. The first-order valence-electron chi connectivity index (χ1n) is 5.01. The van der Waals surface area contributed by atoms with Crippen LogP contribution < -0.4 is 10.9 Å². The largest absolute Gasteiger partial charge is 0.443 e. The van der Waals surface area contributed by atoms with E-state index in [1.807, 2.05) is 27.7 Å². The summed E-state index contributed by atoms with van der Waals surface area (Å²) >= 11 is 1.53. The van der Waals surface area contributed by atoms with Crippen molar-refractivity contribution >= 4 is 17.4 Å². The summed E-state index contributed by atoms with van der Waals surface area (Å²) in [6.45, 7) is 7.39. The Morgan fingerprint density at radius 1 is 1.56 bits per heavy atom. The van der Waals surface area contributed by atoms with Crippen LogP contribution in [-0.2, 0) is 4.74 Å². The molecular formula is C10H17N3O2S. The highest BCUT2D eigenvalue weighted by Crippen LogP contribution is 2.15. The average Bonchev–Trinajstić information content (AvgIpc) is 2.64. The second-order valence-corrected chi connectivity index (χ2v) is 5.31. The zero-order valence-corrected chi connectivity index (χ0v) is 10.7. The summed E-state index contributed by atoms with van der Waals surface area (Å²) in [5.74, 6) is 0. The van der Waals surface area contributed by atoms with Crippen LogP contribution in [0.25, 0.3) is 0 Å². The van der Waals surface area contributed by atoms with Crippen molar-refractivity contribution in [1.29, 1.82) is 0 Å². The first-order chi connectivity index (χ1) is 7.38. The van der Waals surface area contributed by atoms with Crippen molar-refractivity contribution in [2.45, 2.75) is 39.3 Å². The Balaban J connectivity index is 2.32. The number of nitrogens with zero attached hydrogens (tertiary/aromatic N) is 1. The molecule has 0 saturated carbocycles. The molecule has 0 saturated heterocycles. The molecule has 1 heterocycles. The predicted octanol–water partition coefficient (Wildman–Crippen LogP) is 2.23. The number of aromatic nitrogens is 1. The fourth-order valence-electron chi connectivity index (χ4n) is 0.981. The maximum absolute atomic E-state index is 11.3. The second-order valence-electron chi connectivity index (χ2n) is 4.40. The Labute approximate surface area is 99.2 Å². The van der Waals surface area contributed by atoms with E-state index in [0.29, 0.717) is 0 Å². The molecule has 1 amide bonds. The van der Waals surface area contributed by atoms with Crippen LogP contribution in [0.1, 0.15) is 38.6 Å². The third kappa shape index (κ3) is 4.59. The van der Waals surface area contributed by atoms with Crippen molar-refractivity contribution in [3.05, 3.63) is 16.6 Å². The van der Waals surface area contributed by atoms with Crippen LogP contribution in [0.3, 0.4) is 0 Å². The molecule has 16 heavy (non-hydrogen) atoms. The van der Waals surface area contributed by atoms with Gasteiger partial charge in [-0.1, -0.05) is 0 Å². The molecule has 0 aliphatic rings. The molecule has 1 aromatic heterocycles. The summed E-state index contributed by atoms with van der Waals surface area (Å²) in [5, 5.41) is 0. The fourth-order valence-corrected chi connectivity index (χ4v) is 1.61. The Morgan fingerprint density at radius 3 is 2.75 bits per heavy atom. The van der Waals surface area contributed by atoms with Gasteiger partial charge < -0.3 is 4.74 Å². The summed E-state index contributed by atoms with van der Waals surface area (Å²) in [5.41, 5.74) is 6.61. The fraction of sp³-hybridized carbons (Fsp3) is 0.600. The van der Waals surface area contributed by atoms with E-state index in [2.05, 4.69) is 15.8 Å². The number of hydrazine groups is 1. The zero-order valence-electron chi connectivity index (χ0n) is 9.90. The summed E-state index contributed by atoms with van der Waals surface area (Å²) in [6.07, 6.45) is 1.28. The van der Waals surface area contributed by atoms with Gasteiger partial charge in [-0.15, -0.1) is 11.3 Å². The van der Waals surface area contributed by atoms with E-state index in [1.165, 1.54) is 11.3 Å². The van der Waals surface area contributed by atoms with Crippen LogP contribution in [0, 0.1) is 0 Å². The maximum Gasteiger partial charge on any atom is 0.422 e. The number of hydrogen-bond donors (Lipinski definition) is 2. The van der Waals surface area contributed by atoms with Gasteiger partial charge in [-0.3, -0.25) is 10.4 Å². The van der Waals surface area contributed by atoms with Gasteiger partial charge in [0.15, 0.2) is 0 Å². The summed E-state index contributed by atoms with van der Waals surface area (Å²) in [7, 11) is 0. The van der Waals surface area contributed by atoms with Crippen molar-refractivity contribution in [3.63, 3.8) is 0 Å². The molecule has 1 unspecified atom stereocenters. The lowest BCUT2D eigenvalue weighted by atomic mass is 10.2. The van der Waals surface area contributed by atoms with E-state index < -0.39 is 11.7 Å². The van der Waals surface area contributed by atoms with E-state index in [1.54, 1.807) is 11.7 Å². The molecule has 0 spiro atoms. The molecule has 0 aromatic carbocycles. The van der Waals surface area contributed by atoms with E-state index in [9.17, 15) is 4.79 Å². The first-order valence-corrected chi connectivity index (χ1v) is 5.89. The van der Waals surface area contributed by atoms with Crippen molar-refractivity contribution in [1.82, 2.24) is 15.8 Å². The number of amides is 1. The third-order valence-corrected chi connectivity index (χ3v) is 2.63. The van der Waals surface area contributed by atoms with Gasteiger partial charge >= 0.3 is 6.09 Å². The molecule has 6 heteroatoms. The third-order valence-electron chi connectivity index (χ3n) is 1.67.